The lowest BCUT2D eigenvalue weighted by Crippen LogP contribution is -2.56. The molecule has 154 valence electrons. The Morgan fingerprint density at radius 3 is 2.38 bits per heavy atom. The van der Waals surface area contributed by atoms with E-state index in [1.54, 1.807) is 29.0 Å². The Kier molecular flexibility index (Phi) is 5.41. The number of rotatable bonds is 4. The normalized spacial score (nSPS) is 20.7. The van der Waals surface area contributed by atoms with Crippen LogP contribution in [-0.2, 0) is 7.05 Å². The highest BCUT2D eigenvalue weighted by Gasteiger charge is 2.39. The first-order chi connectivity index (χ1) is 14.0. The van der Waals surface area contributed by atoms with Crippen LogP contribution in [0.4, 0.5) is 10.1 Å². The van der Waals surface area contributed by atoms with E-state index in [4.69, 9.17) is 0 Å². The molecule has 2 aliphatic heterocycles. The first-order valence-corrected chi connectivity index (χ1v) is 10.2. The maximum Gasteiger partial charge on any atom is 0.256 e. The largest absolute Gasteiger partial charge is 0.369 e. The molecule has 1 aromatic carbocycles. The average Bonchev–Trinajstić information content (AvgIpc) is 3.08. The number of hydrogen-bond acceptors (Lipinski definition) is 4. The molecule has 0 bridgehead atoms. The number of fused-ring (bicyclic) bond motifs is 1. The van der Waals surface area contributed by atoms with Crippen LogP contribution >= 0.6 is 0 Å². The van der Waals surface area contributed by atoms with Gasteiger partial charge in [-0.3, -0.25) is 14.5 Å². The van der Waals surface area contributed by atoms with Gasteiger partial charge in [-0.15, -0.1) is 0 Å². The molecule has 1 fully saturated rings. The maximum absolute atomic E-state index is 13.4. The lowest BCUT2D eigenvalue weighted by molar-refractivity contribution is 0.0641. The van der Waals surface area contributed by atoms with Crippen molar-refractivity contribution in [2.45, 2.75) is 19.4 Å². The third-order valence-corrected chi connectivity index (χ3v) is 5.96. The number of hydrogen-bond donors (Lipinski definition) is 0. The van der Waals surface area contributed by atoms with E-state index in [1.807, 2.05) is 18.9 Å². The highest BCUT2D eigenvalue weighted by atomic mass is 19.1. The first kappa shape index (κ1) is 19.6. The summed E-state index contributed by atoms with van der Waals surface area (Å²) in [5, 5.41) is 0. The number of aromatic nitrogens is 1. The predicted octanol–water partition coefficient (Wildman–Crippen LogP) is 2.40. The van der Waals surface area contributed by atoms with Gasteiger partial charge in [0.15, 0.2) is 5.78 Å². The fraction of sp³-hybridized carbons (Fsp3) is 0.455. The Bertz CT molecular complexity index is 900. The Morgan fingerprint density at radius 1 is 1.03 bits per heavy atom. The molecular formula is C22H27FN4O2. The van der Waals surface area contributed by atoms with Crippen LogP contribution in [0, 0.1) is 5.82 Å². The van der Waals surface area contributed by atoms with Gasteiger partial charge in [-0.1, -0.05) is 6.92 Å². The van der Waals surface area contributed by atoms with Gasteiger partial charge >= 0.3 is 0 Å². The van der Waals surface area contributed by atoms with E-state index in [-0.39, 0.29) is 23.5 Å². The standard InChI is InChI=1S/C22H27FN4O2/c1-3-9-27-15-19(21(28)20-18(22(27)29)8-10-24(20)2)26-13-11-25(12-14-26)17-6-4-16(23)5-7-17/h4-8,10,19H,3,9,11-15H2,1-2H3. The van der Waals surface area contributed by atoms with E-state index in [9.17, 15) is 14.0 Å². The molecule has 1 aromatic heterocycles. The number of carbonyl (C=O) groups excluding carboxylic acids is 2. The molecule has 6 nitrogen and oxygen atoms in total. The number of carbonyl (C=O) groups is 2. The molecule has 2 aromatic rings. The van der Waals surface area contributed by atoms with Crippen molar-refractivity contribution in [1.29, 1.82) is 0 Å². The lowest BCUT2D eigenvalue weighted by atomic mass is 10.1. The predicted molar refractivity (Wildman–Crippen MR) is 110 cm³/mol. The topological polar surface area (TPSA) is 48.8 Å². The molecule has 3 heterocycles. The van der Waals surface area contributed by atoms with Gasteiger partial charge in [0.05, 0.1) is 17.3 Å². The van der Waals surface area contributed by atoms with Crippen LogP contribution < -0.4 is 4.90 Å². The Balaban J connectivity index is 1.54. The fourth-order valence-electron chi connectivity index (χ4n) is 4.40. The summed E-state index contributed by atoms with van der Waals surface area (Å²) in [5.74, 6) is -0.270. The van der Waals surface area contributed by atoms with Crippen molar-refractivity contribution in [1.82, 2.24) is 14.4 Å². The van der Waals surface area contributed by atoms with E-state index in [1.165, 1.54) is 12.1 Å². The van der Waals surface area contributed by atoms with Gasteiger partial charge in [-0.05, 0) is 36.8 Å². The Hall–Kier alpha value is -2.67. The van der Waals surface area contributed by atoms with Crippen molar-refractivity contribution >= 4 is 17.4 Å². The summed E-state index contributed by atoms with van der Waals surface area (Å²) >= 11 is 0. The molecule has 1 unspecified atom stereocenters. The van der Waals surface area contributed by atoms with Crippen LogP contribution in [0.15, 0.2) is 36.5 Å². The van der Waals surface area contributed by atoms with Gasteiger partial charge in [-0.25, -0.2) is 4.39 Å². The number of anilines is 1. The maximum atomic E-state index is 13.4. The van der Waals surface area contributed by atoms with E-state index in [0.29, 0.717) is 24.3 Å². The average molecular weight is 398 g/mol. The molecule has 1 amide bonds. The quantitative estimate of drug-likeness (QED) is 0.794. The van der Waals surface area contributed by atoms with Crippen molar-refractivity contribution in [3.8, 4) is 0 Å². The lowest BCUT2D eigenvalue weighted by Gasteiger charge is -2.40. The number of nitrogens with zero attached hydrogens (tertiary/aromatic N) is 4. The zero-order chi connectivity index (χ0) is 20.5. The van der Waals surface area contributed by atoms with Gasteiger partial charge in [-0.2, -0.15) is 0 Å². The van der Waals surface area contributed by atoms with Crippen LogP contribution in [0.25, 0.3) is 0 Å². The zero-order valence-electron chi connectivity index (χ0n) is 17.0. The van der Waals surface area contributed by atoms with Crippen LogP contribution in [0.3, 0.4) is 0 Å². The molecule has 0 N–H and O–H groups in total. The van der Waals surface area contributed by atoms with Crippen molar-refractivity contribution in [2.75, 3.05) is 44.2 Å². The monoisotopic (exact) mass is 398 g/mol. The highest BCUT2D eigenvalue weighted by Crippen LogP contribution is 2.24. The minimum atomic E-state index is -0.337. The number of Topliss-reactive ketones (excluding diaryl/α,β-unsaturated/α-hetero) is 1. The summed E-state index contributed by atoms with van der Waals surface area (Å²) in [6.45, 7) is 6.09. The summed E-state index contributed by atoms with van der Waals surface area (Å²) in [7, 11) is 1.82. The second-order valence-corrected chi connectivity index (χ2v) is 7.82. The minimum absolute atomic E-state index is 0.0229. The molecule has 0 spiro atoms. The van der Waals surface area contributed by atoms with E-state index >= 15 is 0 Å². The summed E-state index contributed by atoms with van der Waals surface area (Å²) in [5.41, 5.74) is 2.02. The van der Waals surface area contributed by atoms with Gasteiger partial charge in [0.2, 0.25) is 0 Å². The SMILES string of the molecule is CCCN1CC(N2CCN(c3ccc(F)cc3)CC2)C(=O)c2c(ccn2C)C1=O. The summed E-state index contributed by atoms with van der Waals surface area (Å²) < 4.78 is 15.0. The fourth-order valence-corrected chi connectivity index (χ4v) is 4.40. The van der Waals surface area contributed by atoms with E-state index in [2.05, 4.69) is 9.80 Å². The molecule has 7 heteroatoms. The summed E-state index contributed by atoms with van der Waals surface area (Å²) in [6.07, 6.45) is 2.65. The number of amides is 1. The first-order valence-electron chi connectivity index (χ1n) is 10.2. The summed E-state index contributed by atoms with van der Waals surface area (Å²) in [6, 6.07) is 7.95. The number of benzene rings is 1. The van der Waals surface area contributed by atoms with Crippen molar-refractivity contribution in [2.24, 2.45) is 7.05 Å². The molecule has 0 saturated carbocycles. The Labute approximate surface area is 170 Å². The van der Waals surface area contributed by atoms with E-state index in [0.717, 1.165) is 38.3 Å². The number of aryl methyl sites for hydroxylation is 1. The number of piperazine rings is 1. The summed E-state index contributed by atoms with van der Waals surface area (Å²) in [4.78, 5) is 32.6. The molecule has 29 heavy (non-hydrogen) atoms. The van der Waals surface area contributed by atoms with Crippen molar-refractivity contribution < 1.29 is 14.0 Å². The molecular weight excluding hydrogens is 371 g/mol. The number of ketones is 1. The van der Waals surface area contributed by atoms with Gasteiger partial charge < -0.3 is 14.4 Å². The smallest absolute Gasteiger partial charge is 0.256 e. The zero-order valence-corrected chi connectivity index (χ0v) is 17.0. The van der Waals surface area contributed by atoms with Crippen LogP contribution in [0.1, 0.15) is 34.2 Å². The van der Waals surface area contributed by atoms with Gasteiger partial charge in [0.1, 0.15) is 5.82 Å². The second kappa shape index (κ2) is 7.99. The van der Waals surface area contributed by atoms with E-state index < -0.39 is 0 Å². The molecule has 1 atom stereocenters. The highest BCUT2D eigenvalue weighted by molar-refractivity contribution is 6.11. The molecule has 0 aliphatic carbocycles. The molecule has 4 rings (SSSR count). The van der Waals surface area contributed by atoms with Gasteiger partial charge in [0.25, 0.3) is 5.91 Å². The second-order valence-electron chi connectivity index (χ2n) is 7.82. The van der Waals surface area contributed by atoms with Crippen LogP contribution in [0.2, 0.25) is 0 Å². The third-order valence-electron chi connectivity index (χ3n) is 5.96. The third kappa shape index (κ3) is 3.67. The molecule has 1 saturated heterocycles. The van der Waals surface area contributed by atoms with Crippen molar-refractivity contribution in [3.05, 3.63) is 53.6 Å². The van der Waals surface area contributed by atoms with Crippen molar-refractivity contribution in [3.63, 3.8) is 0 Å². The molecule has 2 aliphatic rings. The van der Waals surface area contributed by atoms with Gasteiger partial charge in [0, 0.05) is 58.2 Å². The number of halogens is 1. The molecule has 0 radical (unpaired) electrons. The van der Waals surface area contributed by atoms with Crippen LogP contribution in [0.5, 0.6) is 0 Å². The minimum Gasteiger partial charge on any atom is -0.369 e. The Morgan fingerprint density at radius 2 is 1.72 bits per heavy atom. The van der Waals surface area contributed by atoms with Crippen LogP contribution in [-0.4, -0.2) is 71.4 Å².